The number of aromatic nitrogens is 5. The van der Waals surface area contributed by atoms with Crippen molar-refractivity contribution in [2.75, 3.05) is 5.32 Å². The molecule has 0 radical (unpaired) electrons. The van der Waals surface area contributed by atoms with Gasteiger partial charge in [0.2, 0.25) is 0 Å². The van der Waals surface area contributed by atoms with Gasteiger partial charge in [-0.25, -0.2) is 13.5 Å². The number of fused-ring (bicyclic) bond motifs is 1. The van der Waals surface area contributed by atoms with E-state index in [0.29, 0.717) is 22.0 Å². The lowest BCUT2D eigenvalue weighted by atomic mass is 9.97. The average molecular weight is 453 g/mol. The zero-order valence-corrected chi connectivity index (χ0v) is 18.4. The summed E-state index contributed by atoms with van der Waals surface area (Å²) >= 11 is 5.53. The molecule has 1 aliphatic heterocycles. The van der Waals surface area contributed by atoms with E-state index in [9.17, 15) is 8.78 Å². The van der Waals surface area contributed by atoms with Crippen LogP contribution < -0.4 is 5.32 Å². The van der Waals surface area contributed by atoms with Crippen LogP contribution in [0.25, 0.3) is 17.1 Å². The number of aryl methyl sites for hydroxylation is 1. The third-order valence-corrected chi connectivity index (χ3v) is 6.39. The first kappa shape index (κ1) is 20.6. The second kappa shape index (κ2) is 7.98. The Morgan fingerprint density at radius 3 is 2.62 bits per heavy atom. The van der Waals surface area contributed by atoms with Gasteiger partial charge in [0, 0.05) is 0 Å². The molecular formula is C23H22F2N6S. The van der Waals surface area contributed by atoms with Crippen molar-refractivity contribution in [1.82, 2.24) is 24.5 Å². The van der Waals surface area contributed by atoms with Crippen molar-refractivity contribution in [2.24, 2.45) is 0 Å². The number of nitrogens with zero attached hydrogens (tertiary/aromatic N) is 4. The van der Waals surface area contributed by atoms with Crippen molar-refractivity contribution in [3.05, 3.63) is 76.2 Å². The van der Waals surface area contributed by atoms with Crippen molar-refractivity contribution < 1.29 is 8.78 Å². The van der Waals surface area contributed by atoms with Gasteiger partial charge in [-0.1, -0.05) is 42.5 Å². The fourth-order valence-electron chi connectivity index (χ4n) is 4.28. The summed E-state index contributed by atoms with van der Waals surface area (Å²) in [5.41, 5.74) is 4.63. The molecule has 1 aliphatic rings. The monoisotopic (exact) mass is 452 g/mol. The third-order valence-electron chi connectivity index (χ3n) is 6.12. The van der Waals surface area contributed by atoms with Crippen LogP contribution in [0.4, 0.5) is 14.6 Å². The summed E-state index contributed by atoms with van der Waals surface area (Å²) in [6.07, 6.45) is -0.730. The van der Waals surface area contributed by atoms with Gasteiger partial charge >= 0.3 is 0 Å². The molecule has 4 aromatic rings. The Morgan fingerprint density at radius 1 is 1.09 bits per heavy atom. The molecular weight excluding hydrogens is 430 g/mol. The molecule has 164 valence electrons. The van der Waals surface area contributed by atoms with Crippen molar-refractivity contribution in [1.29, 1.82) is 0 Å². The van der Waals surface area contributed by atoms with Crippen LogP contribution in [0.2, 0.25) is 0 Å². The lowest BCUT2D eigenvalue weighted by Gasteiger charge is -2.32. The zero-order chi connectivity index (χ0) is 22.4. The number of hydrogen-bond acceptors (Lipinski definition) is 4. The number of rotatable bonds is 4. The molecule has 0 unspecified atom stereocenters. The topological polar surface area (TPSA) is 63.5 Å². The summed E-state index contributed by atoms with van der Waals surface area (Å²) in [7, 11) is 0. The molecule has 0 saturated carbocycles. The molecule has 0 aliphatic carbocycles. The van der Waals surface area contributed by atoms with Crippen molar-refractivity contribution in [2.45, 2.75) is 38.8 Å². The van der Waals surface area contributed by atoms with Crippen LogP contribution >= 0.6 is 12.2 Å². The molecule has 0 spiro atoms. The molecule has 0 saturated heterocycles. The Bertz CT molecular complexity index is 1320. The van der Waals surface area contributed by atoms with Crippen LogP contribution in [0.15, 0.2) is 54.7 Å². The summed E-state index contributed by atoms with van der Waals surface area (Å²) in [5, 5.41) is 15.0. The van der Waals surface area contributed by atoms with E-state index in [2.05, 4.69) is 20.6 Å². The number of alkyl halides is 2. The molecule has 32 heavy (non-hydrogen) atoms. The normalized spacial score (nSPS) is 17.9. The number of halogens is 2. The SMILES string of the molecule is Cc1cccc(-n2c(-c3cnn4c3N[C@@H](c3ccccc3)C[C@H]4C(F)F)n[nH]c2=S)c1C. The Hall–Kier alpha value is -3.33. The number of nitrogens with one attached hydrogen (secondary N) is 2. The second-order valence-corrected chi connectivity index (χ2v) is 8.39. The second-order valence-electron chi connectivity index (χ2n) is 8.00. The summed E-state index contributed by atoms with van der Waals surface area (Å²) in [6, 6.07) is 14.3. The van der Waals surface area contributed by atoms with E-state index in [1.54, 1.807) is 6.20 Å². The van der Waals surface area contributed by atoms with E-state index in [1.165, 1.54) is 4.68 Å². The molecule has 2 aromatic carbocycles. The highest BCUT2D eigenvalue weighted by molar-refractivity contribution is 7.71. The predicted octanol–water partition coefficient (Wildman–Crippen LogP) is 5.77. The Morgan fingerprint density at radius 2 is 1.88 bits per heavy atom. The minimum atomic E-state index is -2.55. The van der Waals surface area contributed by atoms with Gasteiger partial charge in [0.1, 0.15) is 11.9 Å². The molecule has 6 nitrogen and oxygen atoms in total. The average Bonchev–Trinajstić information content (AvgIpc) is 3.38. The van der Waals surface area contributed by atoms with Crippen LogP contribution in [-0.2, 0) is 0 Å². The van der Waals surface area contributed by atoms with Crippen LogP contribution in [0, 0.1) is 18.6 Å². The molecule has 2 aromatic heterocycles. The standard InChI is InChI=1S/C23H22F2N6S/c1-13-7-6-10-18(14(13)2)30-22(28-29-23(30)32)16-12-26-31-19(20(24)25)11-17(27-21(16)31)15-8-4-3-5-9-15/h3-10,12,17,19-20,27H,11H2,1-2H3,(H,29,32)/t17-,19+/m1/s1. The van der Waals surface area contributed by atoms with E-state index in [1.807, 2.05) is 66.9 Å². The highest BCUT2D eigenvalue weighted by atomic mass is 32.1. The Kier molecular flexibility index (Phi) is 5.13. The molecule has 0 fully saturated rings. The third kappa shape index (κ3) is 3.33. The first-order valence-electron chi connectivity index (χ1n) is 10.4. The first-order chi connectivity index (χ1) is 15.5. The summed E-state index contributed by atoms with van der Waals surface area (Å²) in [4.78, 5) is 0. The lowest BCUT2D eigenvalue weighted by Crippen LogP contribution is -2.31. The highest BCUT2D eigenvalue weighted by Gasteiger charge is 2.36. The van der Waals surface area contributed by atoms with Crippen LogP contribution in [0.5, 0.6) is 0 Å². The van der Waals surface area contributed by atoms with Gasteiger partial charge in [-0.3, -0.25) is 9.67 Å². The molecule has 3 heterocycles. The van der Waals surface area contributed by atoms with Crippen molar-refractivity contribution in [3.63, 3.8) is 0 Å². The lowest BCUT2D eigenvalue weighted by molar-refractivity contribution is 0.0659. The van der Waals surface area contributed by atoms with E-state index in [4.69, 9.17) is 12.2 Å². The van der Waals surface area contributed by atoms with E-state index >= 15 is 0 Å². The molecule has 0 bridgehead atoms. The first-order valence-corrected chi connectivity index (χ1v) is 10.8. The van der Waals surface area contributed by atoms with Gasteiger partial charge in [0.05, 0.1) is 23.5 Å². The van der Waals surface area contributed by atoms with Gasteiger partial charge in [0.25, 0.3) is 6.43 Å². The largest absolute Gasteiger partial charge is 0.363 e. The summed E-state index contributed by atoms with van der Waals surface area (Å²) < 4.78 is 31.7. The van der Waals surface area contributed by atoms with Crippen LogP contribution in [0.1, 0.15) is 35.2 Å². The number of H-pyrrole nitrogens is 1. The van der Waals surface area contributed by atoms with Crippen LogP contribution in [0.3, 0.4) is 0 Å². The van der Waals surface area contributed by atoms with Crippen molar-refractivity contribution in [3.8, 4) is 17.1 Å². The summed E-state index contributed by atoms with van der Waals surface area (Å²) in [5.74, 6) is 1.04. The molecule has 5 rings (SSSR count). The molecule has 0 amide bonds. The van der Waals surface area contributed by atoms with Gasteiger partial charge < -0.3 is 5.32 Å². The Labute approximate surface area is 188 Å². The molecule has 9 heteroatoms. The number of benzene rings is 2. The molecule has 2 atom stereocenters. The zero-order valence-electron chi connectivity index (χ0n) is 17.6. The van der Waals surface area contributed by atoms with Gasteiger partial charge in [-0.15, -0.1) is 0 Å². The van der Waals surface area contributed by atoms with E-state index < -0.39 is 12.5 Å². The van der Waals surface area contributed by atoms with Gasteiger partial charge in [0.15, 0.2) is 10.6 Å². The minimum absolute atomic E-state index is 0.236. The maximum atomic E-state index is 14.0. The van der Waals surface area contributed by atoms with Gasteiger partial charge in [-0.05, 0) is 55.2 Å². The van der Waals surface area contributed by atoms with Gasteiger partial charge in [-0.2, -0.15) is 10.2 Å². The fraction of sp³-hybridized carbons (Fsp3) is 0.261. The number of anilines is 1. The maximum absolute atomic E-state index is 14.0. The predicted molar refractivity (Wildman–Crippen MR) is 122 cm³/mol. The maximum Gasteiger partial charge on any atom is 0.260 e. The number of hydrogen-bond donors (Lipinski definition) is 2. The van der Waals surface area contributed by atoms with Crippen LogP contribution in [-0.4, -0.2) is 31.0 Å². The minimum Gasteiger partial charge on any atom is -0.363 e. The van der Waals surface area contributed by atoms with E-state index in [-0.39, 0.29) is 12.5 Å². The number of aromatic amines is 1. The van der Waals surface area contributed by atoms with E-state index in [0.717, 1.165) is 22.4 Å². The molecule has 2 N–H and O–H groups in total. The fourth-order valence-corrected chi connectivity index (χ4v) is 4.51. The Balaban J connectivity index is 1.66. The highest BCUT2D eigenvalue weighted by Crippen LogP contribution is 2.42. The quantitative estimate of drug-likeness (QED) is 0.386. The van der Waals surface area contributed by atoms with Crippen molar-refractivity contribution >= 4 is 18.0 Å². The smallest absolute Gasteiger partial charge is 0.260 e. The summed E-state index contributed by atoms with van der Waals surface area (Å²) in [6.45, 7) is 4.05.